The minimum absolute atomic E-state index is 0.0462. The molecule has 1 aliphatic heterocycles. The summed E-state index contributed by atoms with van der Waals surface area (Å²) in [4.78, 5) is 62.9. The molecule has 0 saturated carbocycles. The molecule has 4 amide bonds. The zero-order valence-corrected chi connectivity index (χ0v) is 16.4. The van der Waals surface area contributed by atoms with Crippen LogP contribution in [0.4, 0.5) is 0 Å². The Morgan fingerprint density at radius 2 is 1.86 bits per heavy atom. The van der Waals surface area contributed by atoms with Gasteiger partial charge in [0.2, 0.25) is 5.91 Å². The third-order valence-corrected chi connectivity index (χ3v) is 4.29. The van der Waals surface area contributed by atoms with Crippen molar-refractivity contribution >= 4 is 29.6 Å². The monoisotopic (exact) mass is 401 g/mol. The molecule has 1 aliphatic rings. The van der Waals surface area contributed by atoms with Crippen molar-refractivity contribution in [3.63, 3.8) is 0 Å². The van der Waals surface area contributed by atoms with Crippen molar-refractivity contribution < 1.29 is 28.7 Å². The highest BCUT2D eigenvalue weighted by Crippen LogP contribution is 2.24. The number of fused-ring (bicyclic) bond motifs is 1. The molecule has 0 spiro atoms. The van der Waals surface area contributed by atoms with E-state index < -0.39 is 30.3 Å². The van der Waals surface area contributed by atoms with E-state index >= 15 is 0 Å². The van der Waals surface area contributed by atoms with Gasteiger partial charge in [0.1, 0.15) is 0 Å². The van der Waals surface area contributed by atoms with E-state index in [0.717, 1.165) is 4.90 Å². The summed E-state index contributed by atoms with van der Waals surface area (Å²) in [5.74, 6) is -2.60. The number of esters is 1. The maximum Gasteiger partial charge on any atom is 0.338 e. The van der Waals surface area contributed by atoms with Gasteiger partial charge in [-0.3, -0.25) is 24.1 Å². The fraction of sp³-hybridized carbons (Fsp3) is 0.350. The standard InChI is InChI=1S/C20H23N3O6/c1-4-9-23-18(26)14-8-7-13(10-15(14)19(23)27)20(28)29-12-17(25)22(6-3)11-16(24)21-5-2/h4,7-8,10H,1,5-6,9,11-12H2,2-3H3,(H,21,24). The number of nitrogens with zero attached hydrogens (tertiary/aromatic N) is 2. The molecule has 2 rings (SSSR count). The van der Waals surface area contributed by atoms with Crippen molar-refractivity contribution in [2.24, 2.45) is 0 Å². The quantitative estimate of drug-likeness (QED) is 0.369. The van der Waals surface area contributed by atoms with Gasteiger partial charge in [-0.25, -0.2) is 4.79 Å². The van der Waals surface area contributed by atoms with E-state index in [9.17, 15) is 24.0 Å². The van der Waals surface area contributed by atoms with E-state index in [0.29, 0.717) is 6.54 Å². The minimum atomic E-state index is -0.808. The Morgan fingerprint density at radius 1 is 1.17 bits per heavy atom. The van der Waals surface area contributed by atoms with Crippen molar-refractivity contribution in [1.82, 2.24) is 15.1 Å². The Kier molecular flexibility index (Phi) is 7.24. The van der Waals surface area contributed by atoms with Gasteiger partial charge in [-0.1, -0.05) is 6.08 Å². The Bertz CT molecular complexity index is 864. The molecule has 0 radical (unpaired) electrons. The average Bonchev–Trinajstić information content (AvgIpc) is 2.94. The fourth-order valence-corrected chi connectivity index (χ4v) is 2.82. The Hall–Kier alpha value is -3.49. The highest BCUT2D eigenvalue weighted by molar-refractivity contribution is 6.22. The number of ether oxygens (including phenoxy) is 1. The zero-order valence-electron chi connectivity index (χ0n) is 16.4. The van der Waals surface area contributed by atoms with Gasteiger partial charge in [-0.15, -0.1) is 6.58 Å². The minimum Gasteiger partial charge on any atom is -0.452 e. The maximum atomic E-state index is 12.3. The van der Waals surface area contributed by atoms with E-state index in [2.05, 4.69) is 11.9 Å². The number of carbonyl (C=O) groups is 5. The van der Waals surface area contributed by atoms with E-state index in [-0.39, 0.29) is 42.2 Å². The number of imide groups is 1. The van der Waals surface area contributed by atoms with Crippen LogP contribution in [0.5, 0.6) is 0 Å². The number of carbonyl (C=O) groups excluding carboxylic acids is 5. The molecule has 9 nitrogen and oxygen atoms in total. The predicted octanol–water partition coefficient (Wildman–Crippen LogP) is 0.610. The van der Waals surface area contributed by atoms with Crippen LogP contribution in [0.2, 0.25) is 0 Å². The van der Waals surface area contributed by atoms with Crippen LogP contribution in [0.25, 0.3) is 0 Å². The third-order valence-electron chi connectivity index (χ3n) is 4.29. The normalized spacial score (nSPS) is 12.4. The molecule has 0 bridgehead atoms. The number of nitrogens with one attached hydrogen (secondary N) is 1. The lowest BCUT2D eigenvalue weighted by Crippen LogP contribution is -2.42. The zero-order chi connectivity index (χ0) is 21.6. The molecule has 1 heterocycles. The van der Waals surface area contributed by atoms with Gasteiger partial charge in [-0.05, 0) is 32.0 Å². The lowest BCUT2D eigenvalue weighted by Gasteiger charge is -2.20. The third kappa shape index (κ3) is 4.87. The molecule has 0 saturated heterocycles. The second-order valence-electron chi connectivity index (χ2n) is 6.21. The highest BCUT2D eigenvalue weighted by Gasteiger charge is 2.35. The second-order valence-corrected chi connectivity index (χ2v) is 6.21. The van der Waals surface area contributed by atoms with Crippen LogP contribution < -0.4 is 5.32 Å². The first-order valence-corrected chi connectivity index (χ1v) is 9.16. The molecule has 9 heteroatoms. The molecule has 1 aromatic rings. The molecule has 154 valence electrons. The van der Waals surface area contributed by atoms with E-state index in [1.54, 1.807) is 13.8 Å². The van der Waals surface area contributed by atoms with Gasteiger partial charge >= 0.3 is 5.97 Å². The van der Waals surface area contributed by atoms with E-state index in [4.69, 9.17) is 4.74 Å². The number of benzene rings is 1. The summed E-state index contributed by atoms with van der Waals surface area (Å²) in [5.41, 5.74) is 0.345. The number of likely N-dealkylation sites (N-methyl/N-ethyl adjacent to an activating group) is 2. The molecule has 29 heavy (non-hydrogen) atoms. The Morgan fingerprint density at radius 3 is 2.48 bits per heavy atom. The van der Waals surface area contributed by atoms with Gasteiger partial charge in [0.25, 0.3) is 17.7 Å². The Labute approximate surface area is 168 Å². The molecule has 0 aromatic heterocycles. The summed E-state index contributed by atoms with van der Waals surface area (Å²) in [6, 6.07) is 4.02. The van der Waals surface area contributed by atoms with Crippen LogP contribution in [0.3, 0.4) is 0 Å². The molecule has 1 N–H and O–H groups in total. The number of rotatable bonds is 9. The van der Waals surface area contributed by atoms with Gasteiger partial charge in [0.15, 0.2) is 6.61 Å². The first kappa shape index (κ1) is 21.8. The number of hydrogen-bond donors (Lipinski definition) is 1. The van der Waals surface area contributed by atoms with Crippen molar-refractivity contribution in [1.29, 1.82) is 0 Å². The van der Waals surface area contributed by atoms with Crippen LogP contribution in [0.15, 0.2) is 30.9 Å². The summed E-state index contributed by atoms with van der Waals surface area (Å²) >= 11 is 0. The van der Waals surface area contributed by atoms with Crippen LogP contribution in [-0.2, 0) is 14.3 Å². The molecule has 0 unspecified atom stereocenters. The van der Waals surface area contributed by atoms with E-state index in [1.165, 1.54) is 29.2 Å². The molecular formula is C20H23N3O6. The Balaban J connectivity index is 2.03. The summed E-state index contributed by atoms with van der Waals surface area (Å²) in [5, 5.41) is 2.59. The predicted molar refractivity (Wildman–Crippen MR) is 103 cm³/mol. The largest absolute Gasteiger partial charge is 0.452 e. The van der Waals surface area contributed by atoms with Crippen LogP contribution in [-0.4, -0.2) is 72.2 Å². The fourth-order valence-electron chi connectivity index (χ4n) is 2.82. The van der Waals surface area contributed by atoms with Crippen molar-refractivity contribution in [2.75, 3.05) is 32.8 Å². The average molecular weight is 401 g/mol. The van der Waals surface area contributed by atoms with Crippen molar-refractivity contribution in [2.45, 2.75) is 13.8 Å². The highest BCUT2D eigenvalue weighted by atomic mass is 16.5. The van der Waals surface area contributed by atoms with Crippen molar-refractivity contribution in [3.05, 3.63) is 47.5 Å². The van der Waals surface area contributed by atoms with Gasteiger partial charge in [-0.2, -0.15) is 0 Å². The summed E-state index contributed by atoms with van der Waals surface area (Å²) in [6.45, 7) is 7.11. The molecule has 0 fully saturated rings. The molecule has 0 atom stereocenters. The summed E-state index contributed by atoms with van der Waals surface area (Å²) in [7, 11) is 0. The van der Waals surface area contributed by atoms with E-state index in [1.807, 2.05) is 0 Å². The van der Waals surface area contributed by atoms with Crippen molar-refractivity contribution in [3.8, 4) is 0 Å². The van der Waals surface area contributed by atoms with Gasteiger partial charge in [0, 0.05) is 19.6 Å². The lowest BCUT2D eigenvalue weighted by atomic mass is 10.1. The van der Waals surface area contributed by atoms with Crippen LogP contribution in [0, 0.1) is 0 Å². The SMILES string of the molecule is C=CCN1C(=O)c2ccc(C(=O)OCC(=O)N(CC)CC(=O)NCC)cc2C1=O. The van der Waals surface area contributed by atoms with Gasteiger partial charge in [0.05, 0.1) is 23.2 Å². The summed E-state index contributed by atoms with van der Waals surface area (Å²) in [6.07, 6.45) is 1.43. The summed E-state index contributed by atoms with van der Waals surface area (Å²) < 4.78 is 5.02. The smallest absolute Gasteiger partial charge is 0.338 e. The molecule has 1 aromatic carbocycles. The number of amides is 4. The van der Waals surface area contributed by atoms with Crippen LogP contribution >= 0.6 is 0 Å². The van der Waals surface area contributed by atoms with Gasteiger partial charge < -0.3 is 15.0 Å². The molecular weight excluding hydrogens is 378 g/mol. The molecule has 0 aliphatic carbocycles. The first-order valence-electron chi connectivity index (χ1n) is 9.16. The van der Waals surface area contributed by atoms with Crippen LogP contribution in [0.1, 0.15) is 44.9 Å². The number of hydrogen-bond acceptors (Lipinski definition) is 6. The first-order chi connectivity index (χ1) is 13.8. The maximum absolute atomic E-state index is 12.3. The topological polar surface area (TPSA) is 113 Å². The lowest BCUT2D eigenvalue weighted by molar-refractivity contribution is -0.138. The second kappa shape index (κ2) is 9.63.